The van der Waals surface area contributed by atoms with Crippen LogP contribution in [0.5, 0.6) is 0 Å². The number of aromatic amines is 1. The lowest BCUT2D eigenvalue weighted by atomic mass is 10.2. The Hall–Kier alpha value is -1.72. The molecule has 0 unspecified atom stereocenters. The fourth-order valence-corrected chi connectivity index (χ4v) is 2.09. The number of H-pyrrole nitrogens is 1. The number of carbonyl (C=O) groups excluding carboxylic acids is 2. The molecule has 5 nitrogen and oxygen atoms in total. The highest BCUT2D eigenvalue weighted by atomic mass is 35.5. The molecule has 0 aliphatic rings. The van der Waals surface area contributed by atoms with Gasteiger partial charge in [-0.15, -0.1) is 0 Å². The minimum absolute atomic E-state index is 0.173. The number of hydrogen-bond donors (Lipinski definition) is 3. The van der Waals surface area contributed by atoms with Gasteiger partial charge in [0.25, 0.3) is 5.91 Å². The summed E-state index contributed by atoms with van der Waals surface area (Å²) in [6.07, 6.45) is 0. The molecule has 2 rings (SSSR count). The topological polar surface area (TPSA) is 88.0 Å². The Balaban J connectivity index is 2.37. The number of aromatic nitrogens is 1. The zero-order valence-corrected chi connectivity index (χ0v) is 11.5. The van der Waals surface area contributed by atoms with Crippen LogP contribution in [0.15, 0.2) is 18.2 Å². The molecular formula is C12H11Cl2N3O2. The molecule has 2 amide bonds. The van der Waals surface area contributed by atoms with Crippen molar-refractivity contribution in [3.8, 4) is 0 Å². The van der Waals surface area contributed by atoms with Crippen LogP contribution in [0.3, 0.4) is 0 Å². The van der Waals surface area contributed by atoms with E-state index in [1.807, 2.05) is 0 Å². The average Bonchev–Trinajstić information content (AvgIpc) is 2.66. The second-order valence-corrected chi connectivity index (χ2v) is 4.92. The second-order valence-electron chi connectivity index (χ2n) is 4.10. The molecule has 7 heteroatoms. The summed E-state index contributed by atoms with van der Waals surface area (Å²) in [4.78, 5) is 25.8. The van der Waals surface area contributed by atoms with E-state index in [-0.39, 0.29) is 10.7 Å². The first-order valence-corrected chi connectivity index (χ1v) is 6.22. The van der Waals surface area contributed by atoms with E-state index in [9.17, 15) is 9.59 Å². The SMILES string of the molecule is C[C@H](NC(=O)c1[nH]c2ccc(Cl)cc2c1Cl)C(N)=O. The molecule has 0 radical (unpaired) electrons. The van der Waals surface area contributed by atoms with E-state index in [0.29, 0.717) is 15.9 Å². The van der Waals surface area contributed by atoms with Crippen LogP contribution in [0, 0.1) is 0 Å². The van der Waals surface area contributed by atoms with Gasteiger partial charge in [-0.3, -0.25) is 9.59 Å². The van der Waals surface area contributed by atoms with E-state index >= 15 is 0 Å². The van der Waals surface area contributed by atoms with E-state index in [0.717, 1.165) is 0 Å². The zero-order chi connectivity index (χ0) is 14.2. The van der Waals surface area contributed by atoms with Gasteiger partial charge in [-0.2, -0.15) is 0 Å². The Morgan fingerprint density at radius 3 is 2.68 bits per heavy atom. The maximum atomic E-state index is 12.0. The van der Waals surface area contributed by atoms with Gasteiger partial charge in [0, 0.05) is 15.9 Å². The normalized spacial score (nSPS) is 12.4. The van der Waals surface area contributed by atoms with Crippen molar-refractivity contribution in [1.29, 1.82) is 0 Å². The predicted molar refractivity (Wildman–Crippen MR) is 74.4 cm³/mol. The molecule has 0 saturated heterocycles. The zero-order valence-electron chi connectivity index (χ0n) is 9.96. The molecule has 1 aromatic carbocycles. The van der Waals surface area contributed by atoms with Crippen LogP contribution in [0.4, 0.5) is 0 Å². The summed E-state index contributed by atoms with van der Waals surface area (Å²) in [5.74, 6) is -1.12. The summed E-state index contributed by atoms with van der Waals surface area (Å²) in [6.45, 7) is 1.49. The van der Waals surface area contributed by atoms with Crippen molar-refractivity contribution in [2.75, 3.05) is 0 Å². The third kappa shape index (κ3) is 2.67. The highest BCUT2D eigenvalue weighted by Gasteiger charge is 2.19. The van der Waals surface area contributed by atoms with E-state index in [4.69, 9.17) is 28.9 Å². The van der Waals surface area contributed by atoms with E-state index < -0.39 is 17.9 Å². The number of nitrogens with one attached hydrogen (secondary N) is 2. The third-order valence-electron chi connectivity index (χ3n) is 2.70. The molecule has 0 bridgehead atoms. The average molecular weight is 300 g/mol. The lowest BCUT2D eigenvalue weighted by Gasteiger charge is -2.08. The van der Waals surface area contributed by atoms with E-state index in [1.165, 1.54) is 6.92 Å². The Morgan fingerprint density at radius 2 is 2.05 bits per heavy atom. The molecule has 0 spiro atoms. The molecule has 0 aliphatic carbocycles. The minimum Gasteiger partial charge on any atom is -0.368 e. The molecular weight excluding hydrogens is 289 g/mol. The van der Waals surface area contributed by atoms with Crippen molar-refractivity contribution in [3.05, 3.63) is 33.9 Å². The standard InChI is InChI=1S/C12H11Cl2N3O2/c1-5(11(15)18)16-12(19)10-9(14)7-4-6(13)2-3-8(7)17-10/h2-5,17H,1H3,(H2,15,18)(H,16,19)/t5-/m0/s1. The van der Waals surface area contributed by atoms with Gasteiger partial charge in [0.15, 0.2) is 0 Å². The van der Waals surface area contributed by atoms with Crippen LogP contribution in [-0.4, -0.2) is 22.8 Å². The highest BCUT2D eigenvalue weighted by molar-refractivity contribution is 6.39. The van der Waals surface area contributed by atoms with Crippen LogP contribution in [-0.2, 0) is 4.79 Å². The maximum absolute atomic E-state index is 12.0. The highest BCUT2D eigenvalue weighted by Crippen LogP contribution is 2.29. The van der Waals surface area contributed by atoms with Crippen molar-refractivity contribution < 1.29 is 9.59 Å². The number of rotatable bonds is 3. The molecule has 1 atom stereocenters. The van der Waals surface area contributed by atoms with Crippen LogP contribution in [0.1, 0.15) is 17.4 Å². The van der Waals surface area contributed by atoms with Crippen molar-refractivity contribution >= 4 is 45.9 Å². The van der Waals surface area contributed by atoms with Crippen LogP contribution in [0.25, 0.3) is 10.9 Å². The van der Waals surface area contributed by atoms with Gasteiger partial charge >= 0.3 is 0 Å². The fraction of sp³-hybridized carbons (Fsp3) is 0.167. The number of amides is 2. The molecule has 1 heterocycles. The number of nitrogens with two attached hydrogens (primary N) is 1. The van der Waals surface area contributed by atoms with Gasteiger partial charge in [-0.1, -0.05) is 23.2 Å². The number of carbonyl (C=O) groups is 2. The van der Waals surface area contributed by atoms with Crippen molar-refractivity contribution in [3.63, 3.8) is 0 Å². The number of primary amides is 1. The Bertz CT molecular complexity index is 666. The van der Waals surface area contributed by atoms with E-state index in [2.05, 4.69) is 10.3 Å². The number of hydrogen-bond acceptors (Lipinski definition) is 2. The van der Waals surface area contributed by atoms with Gasteiger partial charge in [-0.25, -0.2) is 0 Å². The lowest BCUT2D eigenvalue weighted by molar-refractivity contribution is -0.119. The molecule has 100 valence electrons. The largest absolute Gasteiger partial charge is 0.368 e. The minimum atomic E-state index is -0.779. The summed E-state index contributed by atoms with van der Waals surface area (Å²) in [5, 5.41) is 3.87. The summed E-state index contributed by atoms with van der Waals surface area (Å²) in [7, 11) is 0. The molecule has 1 aromatic heterocycles. The van der Waals surface area contributed by atoms with Crippen LogP contribution >= 0.6 is 23.2 Å². The molecule has 19 heavy (non-hydrogen) atoms. The third-order valence-corrected chi connectivity index (χ3v) is 3.33. The second kappa shape index (κ2) is 5.11. The first kappa shape index (κ1) is 13.7. The van der Waals surface area contributed by atoms with Gasteiger partial charge in [0.1, 0.15) is 11.7 Å². The summed E-state index contributed by atoms with van der Waals surface area (Å²) in [5.41, 5.74) is 5.94. The predicted octanol–water partition coefficient (Wildman–Crippen LogP) is 2.08. The van der Waals surface area contributed by atoms with E-state index in [1.54, 1.807) is 18.2 Å². The molecule has 4 N–H and O–H groups in total. The Morgan fingerprint density at radius 1 is 1.37 bits per heavy atom. The lowest BCUT2D eigenvalue weighted by Crippen LogP contribution is -2.42. The van der Waals surface area contributed by atoms with Crippen molar-refractivity contribution in [1.82, 2.24) is 10.3 Å². The van der Waals surface area contributed by atoms with Crippen LogP contribution in [0.2, 0.25) is 10.0 Å². The Kier molecular flexibility index (Phi) is 3.68. The number of fused-ring (bicyclic) bond motifs is 1. The van der Waals surface area contributed by atoms with Crippen LogP contribution < -0.4 is 11.1 Å². The first-order chi connectivity index (χ1) is 8.90. The molecule has 0 fully saturated rings. The monoisotopic (exact) mass is 299 g/mol. The maximum Gasteiger partial charge on any atom is 0.269 e. The van der Waals surface area contributed by atoms with Crippen molar-refractivity contribution in [2.45, 2.75) is 13.0 Å². The molecule has 0 saturated carbocycles. The first-order valence-electron chi connectivity index (χ1n) is 5.47. The smallest absolute Gasteiger partial charge is 0.269 e. The quantitative estimate of drug-likeness (QED) is 0.810. The summed E-state index contributed by atoms with van der Waals surface area (Å²) >= 11 is 12.0. The van der Waals surface area contributed by atoms with Gasteiger partial charge < -0.3 is 16.0 Å². The summed E-state index contributed by atoms with van der Waals surface area (Å²) < 4.78 is 0. The van der Waals surface area contributed by atoms with Gasteiger partial charge in [-0.05, 0) is 25.1 Å². The van der Waals surface area contributed by atoms with Crippen molar-refractivity contribution in [2.24, 2.45) is 5.73 Å². The molecule has 2 aromatic rings. The number of halogens is 2. The Labute approximate surface area is 119 Å². The fourth-order valence-electron chi connectivity index (χ4n) is 1.63. The summed E-state index contributed by atoms with van der Waals surface area (Å²) in [6, 6.07) is 4.28. The van der Waals surface area contributed by atoms with Gasteiger partial charge in [0.2, 0.25) is 5.91 Å². The number of benzene rings is 1. The molecule has 0 aliphatic heterocycles. The van der Waals surface area contributed by atoms with Gasteiger partial charge in [0.05, 0.1) is 5.02 Å².